The second-order valence-electron chi connectivity index (χ2n) is 12.1. The molecule has 11 heteroatoms. The fraction of sp³-hybridized carbons (Fsp3) is 0.333. The van der Waals surface area contributed by atoms with E-state index < -0.39 is 31.6 Å². The lowest BCUT2D eigenvalue weighted by atomic mass is 9.82. The third-order valence-corrected chi connectivity index (χ3v) is 11.4. The quantitative estimate of drug-likeness (QED) is 0.170. The van der Waals surface area contributed by atoms with E-state index in [0.29, 0.717) is 41.2 Å². The summed E-state index contributed by atoms with van der Waals surface area (Å²) in [6.45, 7) is 5.50. The highest BCUT2D eigenvalue weighted by atomic mass is 28.4. The van der Waals surface area contributed by atoms with Gasteiger partial charge in [0.2, 0.25) is 8.41 Å². The Morgan fingerprint density at radius 2 is 1.84 bits per heavy atom. The molecule has 44 heavy (non-hydrogen) atoms. The zero-order valence-corrected chi connectivity index (χ0v) is 25.9. The highest BCUT2D eigenvalue weighted by Gasteiger charge is 2.65. The predicted molar refractivity (Wildman–Crippen MR) is 168 cm³/mol. The molecule has 2 aliphatic heterocycles. The average Bonchev–Trinajstić information content (AvgIpc) is 3.68. The van der Waals surface area contributed by atoms with Gasteiger partial charge in [0.1, 0.15) is 0 Å². The van der Waals surface area contributed by atoms with E-state index in [2.05, 4.69) is 20.9 Å². The summed E-state index contributed by atoms with van der Waals surface area (Å²) >= 11 is 0. The van der Waals surface area contributed by atoms with Gasteiger partial charge in [-0.15, -0.1) is 5.10 Å². The Morgan fingerprint density at radius 1 is 1.14 bits per heavy atom. The molecule has 2 aliphatic rings. The lowest BCUT2D eigenvalue weighted by Crippen LogP contribution is -2.42. The monoisotopic (exact) mass is 613 g/mol. The molecule has 2 amide bonds. The van der Waals surface area contributed by atoms with E-state index in [4.69, 9.17) is 4.74 Å². The van der Waals surface area contributed by atoms with Crippen molar-refractivity contribution in [3.05, 3.63) is 107 Å². The van der Waals surface area contributed by atoms with Crippen molar-refractivity contribution in [3.8, 4) is 0 Å². The van der Waals surface area contributed by atoms with Crippen molar-refractivity contribution in [1.29, 1.82) is 0 Å². The number of carbonyl (C=O) groups excluding carboxylic acids is 2. The molecule has 0 aliphatic carbocycles. The molecule has 3 N–H and O–H groups in total. The number of ether oxygens (including phenoxy) is 1. The van der Waals surface area contributed by atoms with Gasteiger partial charge in [0, 0.05) is 46.7 Å². The second kappa shape index (κ2) is 11.7. The Kier molecular flexibility index (Phi) is 7.95. The van der Waals surface area contributed by atoms with Crippen molar-refractivity contribution in [2.45, 2.75) is 56.1 Å². The Bertz CT molecular complexity index is 1660. The Morgan fingerprint density at radius 3 is 2.52 bits per heavy atom. The van der Waals surface area contributed by atoms with Crippen LogP contribution in [0.5, 0.6) is 0 Å². The number of anilines is 2. The van der Waals surface area contributed by atoms with Crippen LogP contribution in [0.15, 0.2) is 85.1 Å². The highest BCUT2D eigenvalue weighted by molar-refractivity contribution is 6.72. The van der Waals surface area contributed by atoms with Crippen LogP contribution in [0.3, 0.4) is 0 Å². The number of carbonyl (C=O) groups is 2. The van der Waals surface area contributed by atoms with Crippen molar-refractivity contribution in [1.82, 2.24) is 15.0 Å². The molecule has 9 nitrogen and oxygen atoms in total. The van der Waals surface area contributed by atoms with Crippen LogP contribution in [0.25, 0.3) is 0 Å². The first-order valence-corrected chi connectivity index (χ1v) is 17.8. The van der Waals surface area contributed by atoms with Gasteiger partial charge in [-0.1, -0.05) is 60.7 Å². The number of hydrogen-bond donors (Lipinski definition) is 3. The van der Waals surface area contributed by atoms with Crippen LogP contribution < -0.4 is 10.6 Å². The number of aliphatic hydroxyl groups excluding tert-OH is 1. The summed E-state index contributed by atoms with van der Waals surface area (Å²) < 4.78 is 24.4. The van der Waals surface area contributed by atoms with Crippen LogP contribution >= 0.6 is 0 Å². The summed E-state index contributed by atoms with van der Waals surface area (Å²) in [5, 5.41) is 24.5. The first-order valence-electron chi connectivity index (χ1n) is 14.9. The van der Waals surface area contributed by atoms with E-state index in [1.54, 1.807) is 66.4 Å². The molecule has 3 heterocycles. The summed E-state index contributed by atoms with van der Waals surface area (Å²) in [6.07, 6.45) is 1.67. The maximum atomic E-state index is 16.0. The van der Waals surface area contributed by atoms with Gasteiger partial charge in [-0.2, -0.15) is 0 Å². The maximum absolute atomic E-state index is 16.0. The minimum absolute atomic E-state index is 0.111. The van der Waals surface area contributed by atoms with Gasteiger partial charge in [-0.25, -0.2) is 0 Å². The van der Waals surface area contributed by atoms with Crippen molar-refractivity contribution in [2.24, 2.45) is 5.92 Å². The molecule has 0 saturated carbocycles. The number of benzene rings is 3. The van der Waals surface area contributed by atoms with Crippen molar-refractivity contribution in [3.63, 3.8) is 0 Å². The first kappa shape index (κ1) is 29.9. The number of aryl methyl sites for hydroxylation is 1. The fourth-order valence-corrected chi connectivity index (χ4v) is 9.45. The highest BCUT2D eigenvalue weighted by Crippen LogP contribution is 2.59. The largest absolute Gasteiger partial charge is 0.395 e. The molecule has 1 unspecified atom stereocenters. The number of hydrogen-bond acceptors (Lipinski definition) is 6. The SMILES string of the molecule is C[C@H]1[C@H]([Si](C)(C)F)[C@@H](CCn2cc(C(CO)c3ccccc3)nn2)O[C@]12C(=O)Nc1ccc(NC(=O)c3ccccc3)cc12. The number of nitrogens with zero attached hydrogens (tertiary/aromatic N) is 3. The van der Waals surface area contributed by atoms with Crippen molar-refractivity contribution >= 4 is 31.6 Å². The molecule has 1 saturated heterocycles. The number of fused-ring (bicyclic) bond motifs is 2. The Balaban J connectivity index is 1.25. The molecule has 5 atom stereocenters. The minimum Gasteiger partial charge on any atom is -0.395 e. The third kappa shape index (κ3) is 5.35. The van der Waals surface area contributed by atoms with Gasteiger partial charge in [-0.3, -0.25) is 14.3 Å². The Labute approximate surface area is 256 Å². The second-order valence-corrected chi connectivity index (χ2v) is 15.9. The number of rotatable bonds is 9. The van der Waals surface area contributed by atoms with Gasteiger partial charge in [0.15, 0.2) is 5.60 Å². The molecular weight excluding hydrogens is 577 g/mol. The summed E-state index contributed by atoms with van der Waals surface area (Å²) in [7, 11) is -3.33. The Hall–Kier alpha value is -4.19. The number of amides is 2. The molecule has 0 bridgehead atoms. The predicted octanol–water partition coefficient (Wildman–Crippen LogP) is 5.47. The van der Waals surface area contributed by atoms with Crippen LogP contribution in [-0.2, 0) is 21.7 Å². The molecule has 3 aromatic carbocycles. The number of aliphatic hydroxyl groups is 1. The van der Waals surface area contributed by atoms with E-state index in [9.17, 15) is 14.7 Å². The number of aromatic nitrogens is 3. The zero-order chi connectivity index (χ0) is 31.1. The standard InChI is InChI=1S/C33H36FN5O4Si/c1-21-30(44(2,3)34)29(16-17-39-19-28(37-38-39)25(20-40)22-10-6-4-7-11-22)43-33(21)26-18-24(14-15-27(26)36-32(33)42)35-31(41)23-12-8-5-9-13-23/h4-15,18-19,21,25,29-30,40H,16-17,20H2,1-3H3,(H,35,41)(H,36,42)/t21-,25?,29+,30-,33+/m0/s1. The summed E-state index contributed by atoms with van der Waals surface area (Å²) in [6, 6.07) is 23.7. The van der Waals surface area contributed by atoms with E-state index >= 15 is 4.11 Å². The molecular formula is C33H36FN5O4Si. The zero-order valence-electron chi connectivity index (χ0n) is 24.9. The molecule has 1 spiro atoms. The lowest BCUT2D eigenvalue weighted by Gasteiger charge is -2.30. The van der Waals surface area contributed by atoms with E-state index in [0.717, 1.165) is 5.56 Å². The summed E-state index contributed by atoms with van der Waals surface area (Å²) in [5.74, 6) is -1.36. The van der Waals surface area contributed by atoms with E-state index in [1.807, 2.05) is 43.3 Å². The van der Waals surface area contributed by atoms with E-state index in [1.165, 1.54) is 0 Å². The first-order chi connectivity index (χ1) is 21.1. The maximum Gasteiger partial charge on any atom is 0.261 e. The van der Waals surface area contributed by atoms with Crippen molar-refractivity contribution in [2.75, 3.05) is 17.2 Å². The molecule has 0 radical (unpaired) electrons. The van der Waals surface area contributed by atoms with Gasteiger partial charge >= 0.3 is 0 Å². The van der Waals surface area contributed by atoms with Crippen LogP contribution in [0.1, 0.15) is 46.4 Å². The van der Waals surface area contributed by atoms with Crippen LogP contribution in [0.4, 0.5) is 15.5 Å². The average molecular weight is 614 g/mol. The van der Waals surface area contributed by atoms with Gasteiger partial charge in [0.25, 0.3) is 11.8 Å². The van der Waals surface area contributed by atoms with Crippen LogP contribution in [0, 0.1) is 5.92 Å². The molecule has 1 aromatic heterocycles. The summed E-state index contributed by atoms with van der Waals surface area (Å²) in [5.41, 5.74) is 1.94. The lowest BCUT2D eigenvalue weighted by molar-refractivity contribution is -0.143. The van der Waals surface area contributed by atoms with E-state index in [-0.39, 0.29) is 24.3 Å². The van der Waals surface area contributed by atoms with Gasteiger partial charge in [-0.05, 0) is 55.4 Å². The molecule has 1 fully saturated rings. The fourth-order valence-electron chi connectivity index (χ4n) is 6.90. The van der Waals surface area contributed by atoms with Crippen molar-refractivity contribution < 1.29 is 23.5 Å². The molecule has 4 aromatic rings. The molecule has 228 valence electrons. The number of nitrogens with one attached hydrogen (secondary N) is 2. The molecule has 6 rings (SSSR count). The number of halogens is 1. The normalized spacial score (nSPS) is 23.4. The smallest absolute Gasteiger partial charge is 0.261 e. The summed E-state index contributed by atoms with van der Waals surface area (Å²) in [4.78, 5) is 26.5. The van der Waals surface area contributed by atoms with Gasteiger partial charge < -0.3 is 24.6 Å². The van der Waals surface area contributed by atoms with Gasteiger partial charge in [0.05, 0.1) is 24.3 Å². The minimum atomic E-state index is -3.33. The van der Waals surface area contributed by atoms with Crippen LogP contribution in [0.2, 0.25) is 18.6 Å². The third-order valence-electron chi connectivity index (χ3n) is 8.95. The van der Waals surface area contributed by atoms with Crippen LogP contribution in [-0.4, -0.2) is 53.0 Å². The topological polar surface area (TPSA) is 118 Å².